The van der Waals surface area contributed by atoms with Crippen LogP contribution >= 0.6 is 0 Å². The average Bonchev–Trinajstić information content (AvgIpc) is 2.49. The van der Waals surface area contributed by atoms with E-state index in [0.29, 0.717) is 32.0 Å². The molecule has 1 atom stereocenters. The molecule has 1 aliphatic rings. The van der Waals surface area contributed by atoms with E-state index in [-0.39, 0.29) is 18.2 Å². The molecule has 1 unspecified atom stereocenters. The van der Waals surface area contributed by atoms with Crippen LogP contribution in [-0.4, -0.2) is 49.1 Å². The van der Waals surface area contributed by atoms with E-state index in [2.05, 4.69) is 5.32 Å². The fourth-order valence-corrected chi connectivity index (χ4v) is 2.23. The molecule has 0 aliphatic carbocycles. The van der Waals surface area contributed by atoms with E-state index in [9.17, 15) is 9.59 Å². The van der Waals surface area contributed by atoms with Crippen molar-refractivity contribution in [2.24, 2.45) is 0 Å². The number of anilines is 1. The maximum absolute atomic E-state index is 12.2. The molecule has 2 rings (SSSR count). The van der Waals surface area contributed by atoms with Crippen LogP contribution in [0, 0.1) is 0 Å². The van der Waals surface area contributed by atoms with Gasteiger partial charge in [-0.2, -0.15) is 0 Å². The molecule has 6 heteroatoms. The molecule has 1 fully saturated rings. The highest BCUT2D eigenvalue weighted by atomic mass is 16.5. The number of hydrogen-bond acceptors (Lipinski definition) is 4. The van der Waals surface area contributed by atoms with E-state index in [0.717, 1.165) is 5.56 Å². The number of amides is 2. The summed E-state index contributed by atoms with van der Waals surface area (Å²) in [4.78, 5) is 25.8. The molecule has 21 heavy (non-hydrogen) atoms. The zero-order valence-electron chi connectivity index (χ0n) is 12.2. The molecule has 1 aromatic carbocycles. The first-order chi connectivity index (χ1) is 10.1. The summed E-state index contributed by atoms with van der Waals surface area (Å²) < 4.78 is 5.21. The van der Waals surface area contributed by atoms with Gasteiger partial charge in [-0.25, -0.2) is 0 Å². The monoisotopic (exact) mass is 291 g/mol. The van der Waals surface area contributed by atoms with Crippen LogP contribution in [0.5, 0.6) is 0 Å². The number of carbonyl (C=O) groups is 2. The minimum absolute atomic E-state index is 0.0658. The van der Waals surface area contributed by atoms with Crippen LogP contribution in [0.2, 0.25) is 0 Å². The van der Waals surface area contributed by atoms with Crippen LogP contribution in [0.25, 0.3) is 0 Å². The van der Waals surface area contributed by atoms with Gasteiger partial charge in [-0.1, -0.05) is 12.1 Å². The SMILES string of the molecule is CC(NC(=O)Cc1ccc(N)cc1)C(=O)N1CCOCC1. The van der Waals surface area contributed by atoms with Crippen LogP contribution in [0.1, 0.15) is 12.5 Å². The van der Waals surface area contributed by atoms with Gasteiger partial charge in [0.1, 0.15) is 6.04 Å². The molecule has 114 valence electrons. The first-order valence-electron chi connectivity index (χ1n) is 7.06. The van der Waals surface area contributed by atoms with E-state index in [1.165, 1.54) is 0 Å². The highest BCUT2D eigenvalue weighted by molar-refractivity contribution is 5.88. The molecular weight excluding hydrogens is 270 g/mol. The van der Waals surface area contributed by atoms with Gasteiger partial charge in [0.25, 0.3) is 0 Å². The van der Waals surface area contributed by atoms with Crippen LogP contribution in [-0.2, 0) is 20.7 Å². The number of nitrogen functional groups attached to an aromatic ring is 1. The lowest BCUT2D eigenvalue weighted by Gasteiger charge is -2.29. The lowest BCUT2D eigenvalue weighted by molar-refractivity contribution is -0.139. The normalized spacial score (nSPS) is 16.3. The summed E-state index contributed by atoms with van der Waals surface area (Å²) in [6.07, 6.45) is 0.237. The van der Waals surface area contributed by atoms with Crippen molar-refractivity contribution in [2.75, 3.05) is 32.0 Å². The number of nitrogens with zero attached hydrogens (tertiary/aromatic N) is 1. The minimum atomic E-state index is -0.524. The second kappa shape index (κ2) is 7.08. The van der Waals surface area contributed by atoms with Crippen LogP contribution in [0.3, 0.4) is 0 Å². The van der Waals surface area contributed by atoms with E-state index in [4.69, 9.17) is 10.5 Å². The van der Waals surface area contributed by atoms with Gasteiger partial charge in [-0.05, 0) is 24.6 Å². The highest BCUT2D eigenvalue weighted by Crippen LogP contribution is 2.06. The zero-order chi connectivity index (χ0) is 15.2. The molecule has 0 saturated carbocycles. The smallest absolute Gasteiger partial charge is 0.245 e. The third kappa shape index (κ3) is 4.46. The number of ether oxygens (including phenoxy) is 1. The number of carbonyl (C=O) groups excluding carboxylic acids is 2. The molecular formula is C15H21N3O3. The van der Waals surface area contributed by atoms with Crippen molar-refractivity contribution in [1.29, 1.82) is 0 Å². The van der Waals surface area contributed by atoms with Gasteiger partial charge in [-0.15, -0.1) is 0 Å². The number of nitrogens with one attached hydrogen (secondary N) is 1. The Bertz CT molecular complexity index is 495. The second-order valence-electron chi connectivity index (χ2n) is 5.15. The van der Waals surface area contributed by atoms with Gasteiger partial charge in [0.2, 0.25) is 11.8 Å². The number of morpholine rings is 1. The summed E-state index contributed by atoms with van der Waals surface area (Å²) in [6.45, 7) is 3.97. The van der Waals surface area contributed by atoms with Crippen molar-refractivity contribution in [3.63, 3.8) is 0 Å². The van der Waals surface area contributed by atoms with Gasteiger partial charge in [0.05, 0.1) is 19.6 Å². The fourth-order valence-electron chi connectivity index (χ4n) is 2.23. The summed E-state index contributed by atoms with van der Waals surface area (Å²) in [7, 11) is 0. The Labute approximate surface area is 124 Å². The third-order valence-corrected chi connectivity index (χ3v) is 3.42. The first-order valence-corrected chi connectivity index (χ1v) is 7.06. The molecule has 3 N–H and O–H groups in total. The Hall–Kier alpha value is -2.08. The predicted molar refractivity (Wildman–Crippen MR) is 79.6 cm³/mol. The van der Waals surface area contributed by atoms with Gasteiger partial charge in [0.15, 0.2) is 0 Å². The summed E-state index contributed by atoms with van der Waals surface area (Å²) >= 11 is 0. The number of benzene rings is 1. The molecule has 0 aromatic heterocycles. The Balaban J connectivity index is 1.83. The summed E-state index contributed by atoms with van der Waals surface area (Å²) in [5.74, 6) is -0.238. The van der Waals surface area contributed by atoms with Crippen molar-refractivity contribution in [1.82, 2.24) is 10.2 Å². The van der Waals surface area contributed by atoms with Crippen LogP contribution in [0.4, 0.5) is 5.69 Å². The number of nitrogens with two attached hydrogens (primary N) is 1. The average molecular weight is 291 g/mol. The predicted octanol–water partition coefficient (Wildman–Crippen LogP) is 0.175. The second-order valence-corrected chi connectivity index (χ2v) is 5.15. The van der Waals surface area contributed by atoms with Gasteiger partial charge in [0, 0.05) is 18.8 Å². The maximum Gasteiger partial charge on any atom is 0.245 e. The fraction of sp³-hybridized carbons (Fsp3) is 0.467. The van der Waals surface area contributed by atoms with Crippen molar-refractivity contribution in [3.8, 4) is 0 Å². The largest absolute Gasteiger partial charge is 0.399 e. The number of hydrogen-bond donors (Lipinski definition) is 2. The van der Waals surface area contributed by atoms with Gasteiger partial charge >= 0.3 is 0 Å². The molecule has 1 aliphatic heterocycles. The van der Waals surface area contributed by atoms with Crippen molar-refractivity contribution in [2.45, 2.75) is 19.4 Å². The number of rotatable bonds is 4. The lowest BCUT2D eigenvalue weighted by Crippen LogP contribution is -2.50. The van der Waals surface area contributed by atoms with Gasteiger partial charge < -0.3 is 20.7 Å². The lowest BCUT2D eigenvalue weighted by atomic mass is 10.1. The Morgan fingerprint density at radius 1 is 1.29 bits per heavy atom. The van der Waals surface area contributed by atoms with Crippen molar-refractivity contribution >= 4 is 17.5 Å². The van der Waals surface area contributed by atoms with Crippen molar-refractivity contribution in [3.05, 3.63) is 29.8 Å². The molecule has 1 saturated heterocycles. The quantitative estimate of drug-likeness (QED) is 0.775. The molecule has 0 bridgehead atoms. The Morgan fingerprint density at radius 2 is 1.90 bits per heavy atom. The molecule has 6 nitrogen and oxygen atoms in total. The highest BCUT2D eigenvalue weighted by Gasteiger charge is 2.23. The molecule has 1 heterocycles. The van der Waals surface area contributed by atoms with Crippen molar-refractivity contribution < 1.29 is 14.3 Å². The summed E-state index contributed by atoms with van der Waals surface area (Å²) in [5, 5.41) is 2.74. The van der Waals surface area contributed by atoms with Crippen LogP contribution < -0.4 is 11.1 Å². The minimum Gasteiger partial charge on any atom is -0.399 e. The molecule has 2 amide bonds. The van der Waals surface area contributed by atoms with Gasteiger partial charge in [-0.3, -0.25) is 9.59 Å². The van der Waals surface area contributed by atoms with E-state index in [1.807, 2.05) is 12.1 Å². The zero-order valence-corrected chi connectivity index (χ0v) is 12.2. The summed E-state index contributed by atoms with van der Waals surface area (Å²) in [5.41, 5.74) is 7.13. The van der Waals surface area contributed by atoms with E-state index in [1.54, 1.807) is 24.0 Å². The topological polar surface area (TPSA) is 84.7 Å². The molecule has 1 aromatic rings. The standard InChI is InChI=1S/C15H21N3O3/c1-11(15(20)18-6-8-21-9-7-18)17-14(19)10-12-2-4-13(16)5-3-12/h2-5,11H,6-10,16H2,1H3,(H,17,19). The molecule has 0 spiro atoms. The Morgan fingerprint density at radius 3 is 2.52 bits per heavy atom. The van der Waals surface area contributed by atoms with E-state index >= 15 is 0 Å². The Kier molecular flexibility index (Phi) is 5.16. The summed E-state index contributed by atoms with van der Waals surface area (Å²) in [6, 6.07) is 6.60. The third-order valence-electron chi connectivity index (χ3n) is 3.42. The molecule has 0 radical (unpaired) electrons. The first kappa shape index (κ1) is 15.3. The van der Waals surface area contributed by atoms with E-state index < -0.39 is 6.04 Å². The van der Waals surface area contributed by atoms with Crippen LogP contribution in [0.15, 0.2) is 24.3 Å². The maximum atomic E-state index is 12.2.